The van der Waals surface area contributed by atoms with Crippen molar-refractivity contribution in [3.05, 3.63) is 35.4 Å². The molecule has 0 N–H and O–H groups in total. The van der Waals surface area contributed by atoms with Crippen LogP contribution in [-0.4, -0.2) is 5.97 Å². The van der Waals surface area contributed by atoms with E-state index < -0.39 is 11.4 Å². The number of carbonyl (C=O) groups is 1. The third-order valence-electron chi connectivity index (χ3n) is 2.34. The lowest BCUT2D eigenvalue weighted by atomic mass is 9.84. The van der Waals surface area contributed by atoms with Crippen LogP contribution < -0.4 is 5.11 Å². The van der Waals surface area contributed by atoms with Gasteiger partial charge in [-0.3, -0.25) is 0 Å². The number of carboxylic acid groups (broad SMARTS) is 1. The highest BCUT2D eigenvalue weighted by atomic mass is 35.5. The summed E-state index contributed by atoms with van der Waals surface area (Å²) in [5.41, 5.74) is 0.751. The van der Waals surface area contributed by atoms with Gasteiger partial charge in [0.15, 0.2) is 0 Å². The number of aliphatic carboxylic acids is 1. The van der Waals surface area contributed by atoms with E-state index in [1.807, 2.05) is 12.1 Å². The number of carboxylic acids is 1. The molecule has 0 unspecified atom stereocenters. The van der Waals surface area contributed by atoms with Crippen LogP contribution in [0, 0.1) is 0 Å². The van der Waals surface area contributed by atoms with Crippen LogP contribution in [0.5, 0.6) is 0 Å². The van der Waals surface area contributed by atoms with Crippen LogP contribution >= 0.6 is 11.6 Å². The van der Waals surface area contributed by atoms with E-state index in [9.17, 15) is 9.90 Å². The molecule has 0 amide bonds. The molecule has 1 aromatic rings. The quantitative estimate of drug-likeness (QED) is 0.711. The van der Waals surface area contributed by atoms with Gasteiger partial charge in [0.25, 0.3) is 0 Å². The standard InChI is InChI=1S/C11H13ClO2/c1-11(2,10(13)14)9-5-3-8(7-12)4-6-9/h3-6H,7H2,1-2H3,(H,13,14)/p-1. The molecule has 0 aliphatic heterocycles. The first-order chi connectivity index (χ1) is 6.48. The van der Waals surface area contributed by atoms with Crippen LogP contribution in [0.15, 0.2) is 24.3 Å². The Kier molecular flexibility index (Phi) is 3.17. The van der Waals surface area contributed by atoms with Gasteiger partial charge in [-0.2, -0.15) is 0 Å². The lowest BCUT2D eigenvalue weighted by Gasteiger charge is -2.26. The normalized spacial score (nSPS) is 11.4. The van der Waals surface area contributed by atoms with Crippen molar-refractivity contribution in [3.63, 3.8) is 0 Å². The summed E-state index contributed by atoms with van der Waals surface area (Å²) in [6.45, 7) is 3.25. The molecule has 14 heavy (non-hydrogen) atoms. The number of rotatable bonds is 3. The van der Waals surface area contributed by atoms with Crippen molar-refractivity contribution in [3.8, 4) is 0 Å². The molecule has 0 aliphatic rings. The van der Waals surface area contributed by atoms with E-state index in [-0.39, 0.29) is 0 Å². The minimum absolute atomic E-state index is 0.437. The van der Waals surface area contributed by atoms with Crippen LogP contribution in [0.4, 0.5) is 0 Å². The molecule has 0 atom stereocenters. The molecular weight excluding hydrogens is 200 g/mol. The molecule has 3 heteroatoms. The summed E-state index contributed by atoms with van der Waals surface area (Å²) >= 11 is 5.63. The topological polar surface area (TPSA) is 40.1 Å². The zero-order chi connectivity index (χ0) is 10.8. The molecule has 1 rings (SSSR count). The summed E-state index contributed by atoms with van der Waals surface area (Å²) < 4.78 is 0. The fraction of sp³-hybridized carbons (Fsp3) is 0.364. The maximum atomic E-state index is 10.8. The van der Waals surface area contributed by atoms with E-state index >= 15 is 0 Å². The monoisotopic (exact) mass is 211 g/mol. The second-order valence-corrected chi connectivity index (χ2v) is 4.01. The minimum Gasteiger partial charge on any atom is -0.549 e. The van der Waals surface area contributed by atoms with Gasteiger partial charge in [0.1, 0.15) is 0 Å². The molecule has 1 aromatic carbocycles. The summed E-state index contributed by atoms with van der Waals surface area (Å²) in [7, 11) is 0. The lowest BCUT2D eigenvalue weighted by molar-refractivity contribution is -0.312. The van der Waals surface area contributed by atoms with E-state index in [1.54, 1.807) is 26.0 Å². The van der Waals surface area contributed by atoms with Crippen LogP contribution in [0.3, 0.4) is 0 Å². The van der Waals surface area contributed by atoms with Crippen LogP contribution in [0.25, 0.3) is 0 Å². The predicted molar refractivity (Wildman–Crippen MR) is 54.0 cm³/mol. The van der Waals surface area contributed by atoms with Crippen molar-refractivity contribution < 1.29 is 9.90 Å². The second kappa shape index (κ2) is 4.01. The highest BCUT2D eigenvalue weighted by molar-refractivity contribution is 6.17. The summed E-state index contributed by atoms with van der Waals surface area (Å²) in [5.74, 6) is -0.636. The maximum absolute atomic E-state index is 10.8. The van der Waals surface area contributed by atoms with Crippen molar-refractivity contribution >= 4 is 17.6 Å². The first-order valence-electron chi connectivity index (χ1n) is 4.35. The summed E-state index contributed by atoms with van der Waals surface area (Å²) in [4.78, 5) is 10.8. The largest absolute Gasteiger partial charge is 0.549 e. The van der Waals surface area contributed by atoms with Gasteiger partial charge in [-0.15, -0.1) is 11.6 Å². The van der Waals surface area contributed by atoms with Gasteiger partial charge in [0.05, 0.1) is 5.97 Å². The predicted octanol–water partition coefficient (Wildman–Crippen LogP) is 1.45. The molecule has 0 aliphatic carbocycles. The highest BCUT2D eigenvalue weighted by Crippen LogP contribution is 2.22. The first-order valence-corrected chi connectivity index (χ1v) is 4.88. The molecule has 0 bridgehead atoms. The summed E-state index contributed by atoms with van der Waals surface area (Å²) in [5, 5.41) is 10.8. The molecule has 0 radical (unpaired) electrons. The maximum Gasteiger partial charge on any atom is 0.0514 e. The summed E-state index contributed by atoms with van der Waals surface area (Å²) in [6, 6.07) is 7.20. The Hall–Kier alpha value is -1.02. The molecule has 76 valence electrons. The van der Waals surface area contributed by atoms with Gasteiger partial charge in [-0.25, -0.2) is 0 Å². The van der Waals surface area contributed by atoms with Gasteiger partial charge in [-0.05, 0) is 11.1 Å². The summed E-state index contributed by atoms with van der Waals surface area (Å²) in [6.07, 6.45) is 0. The van der Waals surface area contributed by atoms with Gasteiger partial charge < -0.3 is 9.90 Å². The molecule has 0 heterocycles. The smallest absolute Gasteiger partial charge is 0.0514 e. The van der Waals surface area contributed by atoms with Gasteiger partial charge in [-0.1, -0.05) is 38.1 Å². The third-order valence-corrected chi connectivity index (χ3v) is 2.65. The molecule has 0 saturated carbocycles. The second-order valence-electron chi connectivity index (χ2n) is 3.74. The Morgan fingerprint density at radius 1 is 1.36 bits per heavy atom. The number of hydrogen-bond donors (Lipinski definition) is 0. The van der Waals surface area contributed by atoms with Crippen molar-refractivity contribution in [1.29, 1.82) is 0 Å². The third kappa shape index (κ3) is 2.07. The highest BCUT2D eigenvalue weighted by Gasteiger charge is 2.21. The Morgan fingerprint density at radius 2 is 1.86 bits per heavy atom. The van der Waals surface area contributed by atoms with E-state index in [4.69, 9.17) is 11.6 Å². The number of carbonyl (C=O) groups excluding carboxylic acids is 1. The number of alkyl halides is 1. The molecule has 0 spiro atoms. The van der Waals surface area contributed by atoms with Gasteiger partial charge in [0.2, 0.25) is 0 Å². The average Bonchev–Trinajstić information content (AvgIpc) is 2.17. The first kappa shape index (κ1) is 11.1. The van der Waals surface area contributed by atoms with Crippen LogP contribution in [0.1, 0.15) is 25.0 Å². The van der Waals surface area contributed by atoms with Crippen LogP contribution in [0.2, 0.25) is 0 Å². The minimum atomic E-state index is -1.07. The number of halogens is 1. The van der Waals surface area contributed by atoms with Gasteiger partial charge >= 0.3 is 0 Å². The average molecular weight is 212 g/mol. The van der Waals surface area contributed by atoms with E-state index in [0.717, 1.165) is 11.1 Å². The molecule has 2 nitrogen and oxygen atoms in total. The fourth-order valence-corrected chi connectivity index (χ4v) is 1.31. The van der Waals surface area contributed by atoms with E-state index in [2.05, 4.69) is 0 Å². The van der Waals surface area contributed by atoms with Crippen molar-refractivity contribution in [2.45, 2.75) is 25.1 Å². The number of hydrogen-bond acceptors (Lipinski definition) is 2. The molecule has 0 fully saturated rings. The van der Waals surface area contributed by atoms with Crippen molar-refractivity contribution in [2.75, 3.05) is 0 Å². The molecular formula is C11H12ClO2-. The Bertz CT molecular complexity index is 328. The zero-order valence-corrected chi connectivity index (χ0v) is 8.97. The molecule has 0 aromatic heterocycles. The fourth-order valence-electron chi connectivity index (χ4n) is 1.13. The zero-order valence-electron chi connectivity index (χ0n) is 8.21. The van der Waals surface area contributed by atoms with E-state index in [0.29, 0.717) is 5.88 Å². The van der Waals surface area contributed by atoms with Crippen LogP contribution in [-0.2, 0) is 16.1 Å². The Balaban J connectivity index is 3.02. The van der Waals surface area contributed by atoms with Gasteiger partial charge in [0, 0.05) is 11.3 Å². The Morgan fingerprint density at radius 3 is 2.21 bits per heavy atom. The molecule has 0 saturated heterocycles. The number of benzene rings is 1. The Labute approximate surface area is 88.5 Å². The van der Waals surface area contributed by atoms with Crippen molar-refractivity contribution in [2.24, 2.45) is 0 Å². The SMILES string of the molecule is CC(C)(C(=O)[O-])c1ccc(CCl)cc1. The van der Waals surface area contributed by atoms with E-state index in [1.165, 1.54) is 0 Å². The van der Waals surface area contributed by atoms with Crippen molar-refractivity contribution in [1.82, 2.24) is 0 Å². The lowest BCUT2D eigenvalue weighted by Crippen LogP contribution is -2.41.